The second-order valence-electron chi connectivity index (χ2n) is 3.63. The van der Waals surface area contributed by atoms with E-state index in [-0.39, 0.29) is 0 Å². The Labute approximate surface area is 108 Å². The zero-order valence-electron chi connectivity index (χ0n) is 9.05. The van der Waals surface area contributed by atoms with Crippen LogP contribution in [0.3, 0.4) is 0 Å². The summed E-state index contributed by atoms with van der Waals surface area (Å²) in [6.07, 6.45) is 1.08. The van der Waals surface area contributed by atoms with E-state index in [2.05, 4.69) is 48.3 Å². The van der Waals surface area contributed by atoms with E-state index in [4.69, 9.17) is 12.2 Å². The molecule has 0 spiro atoms. The maximum absolute atomic E-state index is 5.13. The van der Waals surface area contributed by atoms with Crippen molar-refractivity contribution in [2.24, 2.45) is 0 Å². The summed E-state index contributed by atoms with van der Waals surface area (Å²) in [5.74, 6) is 0. The lowest BCUT2D eigenvalue weighted by atomic mass is 10.1. The zero-order chi connectivity index (χ0) is 11.4. The van der Waals surface area contributed by atoms with E-state index >= 15 is 0 Å². The summed E-state index contributed by atoms with van der Waals surface area (Å²) in [6.45, 7) is 1.03. The Bertz CT molecular complexity index is 486. The Morgan fingerprint density at radius 1 is 1.19 bits per heavy atom. The largest absolute Gasteiger partial charge is 0.365 e. The summed E-state index contributed by atoms with van der Waals surface area (Å²) in [6, 6.07) is 12.6. The molecule has 0 unspecified atom stereocenters. The zero-order valence-corrected chi connectivity index (χ0v) is 11.5. The van der Waals surface area contributed by atoms with Gasteiger partial charge in [0.25, 0.3) is 0 Å². The van der Waals surface area contributed by atoms with E-state index in [0.29, 0.717) is 0 Å². The van der Waals surface area contributed by atoms with Gasteiger partial charge in [0, 0.05) is 19.7 Å². The standard InChI is InChI=1S/C12H13NS3/c1-13(11-9-12(14)16-15-11)8-7-10-5-3-2-4-6-10/h2-6,9H,7-8H2,1H3. The first kappa shape index (κ1) is 11.8. The highest BCUT2D eigenvalue weighted by molar-refractivity contribution is 7.80. The molecule has 0 aliphatic rings. The summed E-state index contributed by atoms with van der Waals surface area (Å²) in [5.41, 5.74) is 1.38. The van der Waals surface area contributed by atoms with Gasteiger partial charge >= 0.3 is 0 Å². The smallest absolute Gasteiger partial charge is 0.104 e. The number of likely N-dealkylation sites (N-methyl/N-ethyl adjacent to an activating group) is 1. The molecule has 0 aliphatic heterocycles. The van der Waals surface area contributed by atoms with Gasteiger partial charge in [0.05, 0.1) is 0 Å². The highest BCUT2D eigenvalue weighted by atomic mass is 32.9. The molecule has 2 rings (SSSR count). The fourth-order valence-corrected chi connectivity index (χ4v) is 3.91. The predicted octanol–water partition coefficient (Wildman–Crippen LogP) is 4.22. The Morgan fingerprint density at radius 2 is 1.94 bits per heavy atom. The van der Waals surface area contributed by atoms with Gasteiger partial charge in [0.1, 0.15) is 8.82 Å². The molecule has 0 saturated heterocycles. The molecule has 2 aromatic rings. The predicted molar refractivity (Wildman–Crippen MR) is 76.4 cm³/mol. The van der Waals surface area contributed by atoms with E-state index in [1.807, 2.05) is 0 Å². The van der Waals surface area contributed by atoms with Gasteiger partial charge < -0.3 is 4.90 Å². The van der Waals surface area contributed by atoms with E-state index in [0.717, 1.165) is 16.8 Å². The quantitative estimate of drug-likeness (QED) is 0.603. The summed E-state index contributed by atoms with van der Waals surface area (Å²) in [7, 11) is 5.55. The average molecular weight is 267 g/mol. The lowest BCUT2D eigenvalue weighted by molar-refractivity contribution is 0.885. The fourth-order valence-electron chi connectivity index (χ4n) is 1.46. The van der Waals surface area contributed by atoms with Crippen molar-refractivity contribution in [3.05, 3.63) is 45.8 Å². The molecule has 1 aromatic heterocycles. The van der Waals surface area contributed by atoms with Crippen molar-refractivity contribution in [3.8, 4) is 0 Å². The van der Waals surface area contributed by atoms with Crippen LogP contribution in [0.15, 0.2) is 36.4 Å². The van der Waals surface area contributed by atoms with Crippen molar-refractivity contribution in [2.75, 3.05) is 18.5 Å². The first-order chi connectivity index (χ1) is 7.75. The molecule has 0 aliphatic carbocycles. The number of anilines is 1. The van der Waals surface area contributed by atoms with Crippen LogP contribution in [0.1, 0.15) is 5.56 Å². The highest BCUT2D eigenvalue weighted by Crippen LogP contribution is 2.26. The third kappa shape index (κ3) is 3.14. The lowest BCUT2D eigenvalue weighted by Crippen LogP contribution is -2.18. The van der Waals surface area contributed by atoms with Crippen molar-refractivity contribution >= 4 is 37.9 Å². The van der Waals surface area contributed by atoms with Gasteiger partial charge in [0.15, 0.2) is 0 Å². The molecule has 0 N–H and O–H groups in total. The summed E-state index contributed by atoms with van der Waals surface area (Å²) < 4.78 is 0.978. The third-order valence-corrected chi connectivity index (χ3v) is 5.36. The Hall–Kier alpha value is -0.710. The van der Waals surface area contributed by atoms with E-state index in [1.165, 1.54) is 10.6 Å². The molecule has 16 heavy (non-hydrogen) atoms. The minimum Gasteiger partial charge on any atom is -0.365 e. The van der Waals surface area contributed by atoms with Crippen LogP contribution in [-0.2, 0) is 6.42 Å². The minimum atomic E-state index is 0.978. The summed E-state index contributed by atoms with van der Waals surface area (Å²) in [5, 5.41) is 1.27. The molecule has 0 saturated carbocycles. The van der Waals surface area contributed by atoms with Gasteiger partial charge in [-0.25, -0.2) is 0 Å². The van der Waals surface area contributed by atoms with Crippen LogP contribution in [-0.4, -0.2) is 13.6 Å². The minimum absolute atomic E-state index is 0.978. The Balaban J connectivity index is 1.94. The Morgan fingerprint density at radius 3 is 2.56 bits per heavy atom. The number of hydrogen-bond acceptors (Lipinski definition) is 4. The molecular formula is C12H13NS3. The molecule has 0 fully saturated rings. The van der Waals surface area contributed by atoms with Crippen LogP contribution >= 0.6 is 32.9 Å². The summed E-state index contributed by atoms with van der Waals surface area (Å²) >= 11 is 5.13. The molecular weight excluding hydrogens is 254 g/mol. The van der Waals surface area contributed by atoms with Crippen molar-refractivity contribution in [3.63, 3.8) is 0 Å². The van der Waals surface area contributed by atoms with Crippen molar-refractivity contribution < 1.29 is 0 Å². The van der Waals surface area contributed by atoms with Crippen molar-refractivity contribution in [1.29, 1.82) is 0 Å². The van der Waals surface area contributed by atoms with Crippen molar-refractivity contribution in [1.82, 2.24) is 0 Å². The maximum Gasteiger partial charge on any atom is 0.104 e. The Kier molecular flexibility index (Phi) is 4.09. The topological polar surface area (TPSA) is 3.24 Å². The van der Waals surface area contributed by atoms with Gasteiger partial charge in [-0.15, -0.1) is 0 Å². The fraction of sp³-hybridized carbons (Fsp3) is 0.250. The number of nitrogens with zero attached hydrogens (tertiary/aromatic N) is 1. The second-order valence-corrected chi connectivity index (χ2v) is 6.52. The normalized spacial score (nSPS) is 10.3. The van der Waals surface area contributed by atoms with E-state index in [1.54, 1.807) is 20.7 Å². The van der Waals surface area contributed by atoms with Crippen LogP contribution < -0.4 is 4.90 Å². The molecule has 0 atom stereocenters. The first-order valence-electron chi connectivity index (χ1n) is 5.11. The van der Waals surface area contributed by atoms with Crippen LogP contribution in [0.5, 0.6) is 0 Å². The third-order valence-electron chi connectivity index (χ3n) is 2.41. The van der Waals surface area contributed by atoms with Crippen LogP contribution in [0.4, 0.5) is 5.00 Å². The van der Waals surface area contributed by atoms with E-state index < -0.39 is 0 Å². The second kappa shape index (κ2) is 5.57. The molecule has 84 valence electrons. The van der Waals surface area contributed by atoms with Crippen LogP contribution in [0.2, 0.25) is 0 Å². The average Bonchev–Trinajstić information content (AvgIpc) is 2.74. The molecule has 1 nitrogen and oxygen atoms in total. The number of benzene rings is 1. The lowest BCUT2D eigenvalue weighted by Gasteiger charge is -2.16. The van der Waals surface area contributed by atoms with Crippen LogP contribution in [0, 0.1) is 3.82 Å². The SMILES string of the molecule is CN(CCc1ccccc1)c1cc(=S)ss1. The van der Waals surface area contributed by atoms with Crippen LogP contribution in [0.25, 0.3) is 0 Å². The van der Waals surface area contributed by atoms with Gasteiger partial charge in [-0.3, -0.25) is 0 Å². The van der Waals surface area contributed by atoms with Gasteiger partial charge in [0.2, 0.25) is 0 Å². The van der Waals surface area contributed by atoms with Gasteiger partial charge in [-0.1, -0.05) is 63.2 Å². The number of rotatable bonds is 4. The van der Waals surface area contributed by atoms with E-state index in [9.17, 15) is 0 Å². The highest BCUT2D eigenvalue weighted by Gasteiger charge is 2.03. The molecule has 0 amide bonds. The first-order valence-corrected chi connectivity index (χ1v) is 7.67. The molecule has 4 heteroatoms. The number of hydrogen-bond donors (Lipinski definition) is 0. The van der Waals surface area contributed by atoms with Gasteiger partial charge in [-0.05, 0) is 12.0 Å². The van der Waals surface area contributed by atoms with Crippen molar-refractivity contribution in [2.45, 2.75) is 6.42 Å². The molecule has 0 bridgehead atoms. The molecule has 1 heterocycles. The maximum atomic E-state index is 5.13. The molecule has 0 radical (unpaired) electrons. The molecule has 1 aromatic carbocycles. The summed E-state index contributed by atoms with van der Waals surface area (Å²) in [4.78, 5) is 2.27. The van der Waals surface area contributed by atoms with Gasteiger partial charge in [-0.2, -0.15) is 0 Å². The monoisotopic (exact) mass is 267 g/mol.